The highest BCUT2D eigenvalue weighted by Crippen LogP contribution is 2.37. The number of benzene rings is 8. The number of rotatable bonds is 8. The SMILES string of the molecule is [C-]#[N+]c1cccc(-c2cc(-c3ccccc3)nc(-c3ccc(-c4cccc5c(-c6ccc(-c7nc(-c8ccccc8)cc(-c8cccc(C#N)c8)n7)cc6)cccc45)cc3)n2)c1. The smallest absolute Gasteiger partial charge is 0.187 e. The Morgan fingerprint density at radius 3 is 1.23 bits per heavy atom. The van der Waals surface area contributed by atoms with Gasteiger partial charge in [0.1, 0.15) is 0 Å². The molecule has 0 aliphatic rings. The van der Waals surface area contributed by atoms with Gasteiger partial charge in [-0.25, -0.2) is 24.8 Å². The molecule has 0 saturated heterocycles. The number of nitriles is 1. The molecule has 10 aromatic rings. The van der Waals surface area contributed by atoms with Crippen molar-refractivity contribution in [1.82, 2.24) is 19.9 Å². The zero-order valence-corrected chi connectivity index (χ0v) is 33.3. The molecule has 2 heterocycles. The second-order valence-electron chi connectivity index (χ2n) is 14.9. The lowest BCUT2D eigenvalue weighted by Crippen LogP contribution is -1.96. The molecule has 0 bridgehead atoms. The highest BCUT2D eigenvalue weighted by Gasteiger charge is 2.15. The molecular weight excluding hydrogens is 757 g/mol. The molecule has 0 unspecified atom stereocenters. The predicted octanol–water partition coefficient (Wildman–Crippen LogP) is 14.2. The molecule has 0 aliphatic heterocycles. The summed E-state index contributed by atoms with van der Waals surface area (Å²) in [6.07, 6.45) is 0. The molecule has 0 N–H and O–H groups in total. The number of fused-ring (bicyclic) bond motifs is 1. The van der Waals surface area contributed by atoms with E-state index >= 15 is 0 Å². The maximum Gasteiger partial charge on any atom is 0.187 e. The van der Waals surface area contributed by atoms with Crippen molar-refractivity contribution in [3.05, 3.63) is 223 Å². The summed E-state index contributed by atoms with van der Waals surface area (Å²) in [5, 5.41) is 11.9. The number of hydrogen-bond donors (Lipinski definition) is 0. The van der Waals surface area contributed by atoms with E-state index in [1.165, 1.54) is 0 Å². The summed E-state index contributed by atoms with van der Waals surface area (Å²) in [5.74, 6) is 1.23. The third kappa shape index (κ3) is 7.48. The van der Waals surface area contributed by atoms with Gasteiger partial charge in [-0.1, -0.05) is 176 Å². The van der Waals surface area contributed by atoms with Crippen LogP contribution in [0, 0.1) is 17.9 Å². The third-order valence-corrected chi connectivity index (χ3v) is 11.0. The largest absolute Gasteiger partial charge is 0.238 e. The van der Waals surface area contributed by atoms with Crippen LogP contribution < -0.4 is 0 Å². The normalized spacial score (nSPS) is 10.9. The van der Waals surface area contributed by atoms with Crippen LogP contribution in [0.25, 0.3) is 106 Å². The molecule has 10 rings (SSSR count). The van der Waals surface area contributed by atoms with Gasteiger partial charge in [0.2, 0.25) is 0 Å². The molecule has 0 spiro atoms. The molecule has 62 heavy (non-hydrogen) atoms. The lowest BCUT2D eigenvalue weighted by Gasteiger charge is -2.13. The van der Waals surface area contributed by atoms with Crippen molar-refractivity contribution in [3.8, 4) is 96.1 Å². The van der Waals surface area contributed by atoms with E-state index < -0.39 is 0 Å². The minimum absolute atomic E-state index is 0.567. The monoisotopic (exact) mass is 790 g/mol. The maximum absolute atomic E-state index is 9.58. The van der Waals surface area contributed by atoms with E-state index in [0.29, 0.717) is 22.9 Å². The average molecular weight is 791 g/mol. The fraction of sp³-hybridized carbons (Fsp3) is 0. The molecular formula is C56H34N6. The first-order valence-electron chi connectivity index (χ1n) is 20.2. The van der Waals surface area contributed by atoms with Crippen molar-refractivity contribution in [2.75, 3.05) is 0 Å². The van der Waals surface area contributed by atoms with Gasteiger partial charge in [-0.3, -0.25) is 0 Å². The first-order chi connectivity index (χ1) is 30.6. The minimum Gasteiger partial charge on any atom is -0.238 e. The first-order valence-corrected chi connectivity index (χ1v) is 20.2. The number of hydrogen-bond acceptors (Lipinski definition) is 5. The topological polar surface area (TPSA) is 79.7 Å². The summed E-state index contributed by atoms with van der Waals surface area (Å²) < 4.78 is 0. The Labute approximate surface area is 359 Å². The number of aromatic nitrogens is 4. The van der Waals surface area contributed by atoms with Gasteiger partial charge in [-0.15, -0.1) is 0 Å². The molecule has 0 aliphatic carbocycles. The van der Waals surface area contributed by atoms with Crippen molar-refractivity contribution in [2.24, 2.45) is 0 Å². The Morgan fingerprint density at radius 2 is 0.758 bits per heavy atom. The van der Waals surface area contributed by atoms with E-state index in [9.17, 15) is 5.26 Å². The summed E-state index contributed by atoms with van der Waals surface area (Å²) in [5.41, 5.74) is 14.2. The van der Waals surface area contributed by atoms with Crippen LogP contribution in [0.5, 0.6) is 0 Å². The second kappa shape index (κ2) is 16.4. The van der Waals surface area contributed by atoms with Gasteiger partial charge in [-0.05, 0) is 68.9 Å². The van der Waals surface area contributed by atoms with Gasteiger partial charge >= 0.3 is 0 Å². The van der Waals surface area contributed by atoms with Gasteiger partial charge in [0.15, 0.2) is 17.3 Å². The molecule has 6 heteroatoms. The third-order valence-electron chi connectivity index (χ3n) is 11.0. The van der Waals surface area contributed by atoms with E-state index in [4.69, 9.17) is 26.5 Å². The van der Waals surface area contributed by atoms with Crippen molar-refractivity contribution < 1.29 is 0 Å². The first kappa shape index (κ1) is 37.4. The van der Waals surface area contributed by atoms with Crippen LogP contribution in [0.4, 0.5) is 5.69 Å². The zero-order chi connectivity index (χ0) is 41.8. The van der Waals surface area contributed by atoms with Crippen molar-refractivity contribution in [3.63, 3.8) is 0 Å². The molecule has 0 atom stereocenters. The van der Waals surface area contributed by atoms with E-state index in [2.05, 4.69) is 95.8 Å². The molecule has 6 nitrogen and oxygen atoms in total. The van der Waals surface area contributed by atoms with Crippen LogP contribution in [0.2, 0.25) is 0 Å². The molecule has 0 radical (unpaired) electrons. The van der Waals surface area contributed by atoms with Crippen molar-refractivity contribution in [1.29, 1.82) is 5.26 Å². The molecule has 0 saturated carbocycles. The summed E-state index contributed by atoms with van der Waals surface area (Å²) in [7, 11) is 0. The van der Waals surface area contributed by atoms with Crippen LogP contribution in [0.1, 0.15) is 5.56 Å². The van der Waals surface area contributed by atoms with E-state index in [0.717, 1.165) is 89.2 Å². The lowest BCUT2D eigenvalue weighted by atomic mass is 9.92. The second-order valence-corrected chi connectivity index (χ2v) is 14.9. The van der Waals surface area contributed by atoms with Gasteiger partial charge in [0.05, 0.1) is 41.0 Å². The summed E-state index contributed by atoms with van der Waals surface area (Å²) in [6.45, 7) is 7.54. The summed E-state index contributed by atoms with van der Waals surface area (Å²) >= 11 is 0. The molecule has 0 fully saturated rings. The Kier molecular flexibility index (Phi) is 9.92. The zero-order valence-electron chi connectivity index (χ0n) is 33.3. The Balaban J connectivity index is 0.985. The molecule has 0 amide bonds. The minimum atomic E-state index is 0.567. The van der Waals surface area contributed by atoms with E-state index in [-0.39, 0.29) is 0 Å². The highest BCUT2D eigenvalue weighted by molar-refractivity contribution is 6.04. The van der Waals surface area contributed by atoms with Crippen LogP contribution in [-0.2, 0) is 0 Å². The average Bonchev–Trinajstić information content (AvgIpc) is 3.36. The van der Waals surface area contributed by atoms with Crippen LogP contribution in [0.3, 0.4) is 0 Å². The Morgan fingerprint density at radius 1 is 0.355 bits per heavy atom. The summed E-state index contributed by atoms with van der Waals surface area (Å²) in [4.78, 5) is 23.7. The van der Waals surface area contributed by atoms with Gasteiger partial charge < -0.3 is 0 Å². The number of nitrogens with zero attached hydrogens (tertiary/aromatic N) is 6. The highest BCUT2D eigenvalue weighted by atomic mass is 14.9. The van der Waals surface area contributed by atoms with Crippen LogP contribution in [0.15, 0.2) is 206 Å². The predicted molar refractivity (Wildman–Crippen MR) is 250 cm³/mol. The standard InChI is InChI=1S/C56H34N6/c1-58-46-19-9-18-45(33-46)54-35-52(41-15-6-3-7-16-41)60-56(62-54)43-30-26-39(27-31-43)48-21-11-22-49-47(20-10-23-50(48)49)38-24-28-42(29-25-38)55-59-51(40-13-4-2-5-14-40)34-53(61-55)44-17-8-12-37(32-44)36-57/h2-35H. The van der Waals surface area contributed by atoms with Crippen LogP contribution >= 0.6 is 0 Å². The van der Waals surface area contributed by atoms with Gasteiger partial charge in [0, 0.05) is 27.8 Å². The summed E-state index contributed by atoms with van der Waals surface area (Å²) in [6, 6.07) is 71.3. The Bertz CT molecular complexity index is 3120. The van der Waals surface area contributed by atoms with E-state index in [1.807, 2.05) is 109 Å². The van der Waals surface area contributed by atoms with E-state index in [1.54, 1.807) is 12.1 Å². The molecule has 8 aromatic carbocycles. The fourth-order valence-electron chi connectivity index (χ4n) is 7.86. The quantitative estimate of drug-likeness (QED) is 0.143. The van der Waals surface area contributed by atoms with Crippen molar-refractivity contribution >= 4 is 16.5 Å². The van der Waals surface area contributed by atoms with Gasteiger partial charge in [0.25, 0.3) is 0 Å². The molecule has 2 aromatic heterocycles. The Hall–Kier alpha value is -8.84. The lowest BCUT2D eigenvalue weighted by molar-refractivity contribution is 1.18. The van der Waals surface area contributed by atoms with Crippen LogP contribution in [-0.4, -0.2) is 19.9 Å². The molecule has 288 valence electrons. The van der Waals surface area contributed by atoms with Crippen molar-refractivity contribution in [2.45, 2.75) is 0 Å². The maximum atomic E-state index is 9.58. The van der Waals surface area contributed by atoms with Gasteiger partial charge in [-0.2, -0.15) is 5.26 Å². The fourth-order valence-corrected chi connectivity index (χ4v) is 7.86.